The summed E-state index contributed by atoms with van der Waals surface area (Å²) in [6.45, 7) is 6.51. The Hall–Kier alpha value is -8.98. The molecule has 4 aliphatic rings. The molecule has 0 spiro atoms. The maximum absolute atomic E-state index is 4.48. The van der Waals surface area contributed by atoms with Gasteiger partial charge in [0.25, 0.3) is 0 Å². The maximum Gasteiger partial charge on any atom is 0.0631 e. The molecule has 77 heavy (non-hydrogen) atoms. The van der Waals surface area contributed by atoms with Gasteiger partial charge in [-0.15, -0.1) is 0 Å². The summed E-state index contributed by atoms with van der Waals surface area (Å²) in [6.07, 6.45) is 37.9. The summed E-state index contributed by atoms with van der Waals surface area (Å²) >= 11 is 0. The van der Waals surface area contributed by atoms with Crippen molar-refractivity contribution >= 4 is 50.7 Å². The fraction of sp³-hybridized carbons (Fsp3) is 0.120. The van der Waals surface area contributed by atoms with Crippen LogP contribution in [0.25, 0.3) is 50.2 Å². The van der Waals surface area contributed by atoms with Crippen LogP contribution in [-0.2, 0) is 0 Å². The second-order valence-corrected chi connectivity index (χ2v) is 20.6. The fourth-order valence-corrected chi connectivity index (χ4v) is 11.7. The second kappa shape index (κ2) is 22.5. The first-order valence-corrected chi connectivity index (χ1v) is 27.5. The van der Waals surface area contributed by atoms with Gasteiger partial charge in [-0.25, -0.2) is 0 Å². The molecule has 8 aromatic rings. The van der Waals surface area contributed by atoms with Crippen LogP contribution in [0.4, 0.5) is 22.7 Å². The van der Waals surface area contributed by atoms with Crippen molar-refractivity contribution in [1.82, 2.24) is 0 Å². The summed E-state index contributed by atoms with van der Waals surface area (Å²) in [4.78, 5) is 5.03. The number of anilines is 4. The molecule has 8 aromatic carbocycles. The number of rotatable bonds is 14. The standard InChI is InChI=1S/C75H64N2/c1-3-4-8-21-54(2)63-48-64(55-22-9-5-10-23-55)50-65(49-63)60-40-46-69(47-41-60)76(74-34-19-30-61-28-15-17-32-72(61)74)68-42-36-58(37-43-68)59-38-44-70(45-39-59)77(75-35-20-31-62-29-16-18-33-73(62)75)71-52-66(56-24-11-6-12-25-56)51-67(53-71)57-26-13-7-14-27-57/h3-4,6-9,11-13,15-26,28-34,36-50,52-53,66,75H,2,5,10,14,27,35,51H2,1H3/b4-3-,21-8-. The molecule has 0 heterocycles. The smallest absolute Gasteiger partial charge is 0.0631 e. The van der Waals surface area contributed by atoms with Crippen molar-refractivity contribution in [2.24, 2.45) is 0 Å². The van der Waals surface area contributed by atoms with Gasteiger partial charge in [0.15, 0.2) is 0 Å². The zero-order valence-electron chi connectivity index (χ0n) is 44.0. The molecule has 0 amide bonds. The summed E-state index contributed by atoms with van der Waals surface area (Å²) in [5, 5.41) is 2.41. The Labute approximate surface area is 456 Å². The Morgan fingerprint density at radius 3 is 2.03 bits per heavy atom. The van der Waals surface area contributed by atoms with Gasteiger partial charge in [-0.2, -0.15) is 0 Å². The minimum Gasteiger partial charge on any atom is -0.334 e. The lowest BCUT2D eigenvalue weighted by Crippen LogP contribution is -2.30. The number of hydrogen-bond donors (Lipinski definition) is 0. The topological polar surface area (TPSA) is 6.48 Å². The Balaban J connectivity index is 0.895. The lowest BCUT2D eigenvalue weighted by atomic mass is 9.81. The zero-order chi connectivity index (χ0) is 51.9. The predicted molar refractivity (Wildman–Crippen MR) is 331 cm³/mol. The Morgan fingerprint density at radius 2 is 1.29 bits per heavy atom. The van der Waals surface area contributed by atoms with Crippen LogP contribution in [-0.4, -0.2) is 0 Å². The van der Waals surface area contributed by atoms with Gasteiger partial charge in [-0.05, 0) is 190 Å². The number of allylic oxidation sites excluding steroid dienone is 16. The lowest BCUT2D eigenvalue weighted by molar-refractivity contribution is 0.670. The molecule has 0 aliphatic heterocycles. The molecule has 0 saturated heterocycles. The number of benzene rings is 8. The molecule has 4 aliphatic carbocycles. The molecule has 2 heteroatoms. The normalized spacial score (nSPS) is 16.9. The largest absolute Gasteiger partial charge is 0.334 e. The number of hydrogen-bond acceptors (Lipinski definition) is 2. The molecule has 0 radical (unpaired) electrons. The number of nitrogens with zero attached hydrogens (tertiary/aromatic N) is 2. The van der Waals surface area contributed by atoms with Gasteiger partial charge < -0.3 is 9.80 Å². The van der Waals surface area contributed by atoms with Crippen LogP contribution in [0.2, 0.25) is 0 Å². The molecule has 0 aromatic heterocycles. The molecule has 0 fully saturated rings. The van der Waals surface area contributed by atoms with Crippen LogP contribution in [0, 0.1) is 0 Å². The third kappa shape index (κ3) is 10.5. The highest BCUT2D eigenvalue weighted by Crippen LogP contribution is 2.45. The van der Waals surface area contributed by atoms with Crippen LogP contribution < -0.4 is 9.80 Å². The molecule has 2 atom stereocenters. The molecule has 12 rings (SSSR count). The predicted octanol–water partition coefficient (Wildman–Crippen LogP) is 20.8. The van der Waals surface area contributed by atoms with Gasteiger partial charge in [0.1, 0.15) is 0 Å². The van der Waals surface area contributed by atoms with E-state index in [-0.39, 0.29) is 12.0 Å². The molecule has 0 N–H and O–H groups in total. The fourth-order valence-electron chi connectivity index (χ4n) is 11.7. The Bertz CT molecular complexity index is 3750. The minimum atomic E-state index is 0.142. The summed E-state index contributed by atoms with van der Waals surface area (Å²) in [7, 11) is 0. The molecule has 0 saturated carbocycles. The van der Waals surface area contributed by atoms with Crippen molar-refractivity contribution in [3.8, 4) is 22.3 Å². The van der Waals surface area contributed by atoms with Crippen molar-refractivity contribution < 1.29 is 0 Å². The monoisotopic (exact) mass is 993 g/mol. The highest BCUT2D eigenvalue weighted by Gasteiger charge is 2.30. The first-order chi connectivity index (χ1) is 38.0. The molecular formula is C75H64N2. The van der Waals surface area contributed by atoms with E-state index in [9.17, 15) is 0 Å². The average Bonchev–Trinajstić information content (AvgIpc) is 3.54. The van der Waals surface area contributed by atoms with Gasteiger partial charge in [0.05, 0.1) is 11.7 Å². The SMILES string of the molecule is C=C(/C=C\C=C/C)c1cc(C2=CCCC=C2)cc(-c2ccc(N(c3ccc(-c4ccc(N(C5=CC(c6ccccc6)CC(C6=CC=CCC6)=C5)C5CC=Cc6ccccc65)cc4)cc3)c3cccc4ccccc34)cc2)c1. The summed E-state index contributed by atoms with van der Waals surface area (Å²) in [5.74, 6) is 0.271. The van der Waals surface area contributed by atoms with E-state index < -0.39 is 0 Å². The quantitative estimate of drug-likeness (QED) is 0.100. The van der Waals surface area contributed by atoms with Crippen LogP contribution in [0.3, 0.4) is 0 Å². The van der Waals surface area contributed by atoms with Gasteiger partial charge in [0, 0.05) is 34.1 Å². The zero-order valence-corrected chi connectivity index (χ0v) is 44.0. The van der Waals surface area contributed by atoms with Crippen molar-refractivity contribution in [3.63, 3.8) is 0 Å². The van der Waals surface area contributed by atoms with Crippen molar-refractivity contribution in [1.29, 1.82) is 0 Å². The van der Waals surface area contributed by atoms with E-state index in [0.717, 1.165) is 72.3 Å². The minimum absolute atomic E-state index is 0.142. The van der Waals surface area contributed by atoms with Crippen LogP contribution in [0.15, 0.2) is 290 Å². The first-order valence-electron chi connectivity index (χ1n) is 27.5. The summed E-state index contributed by atoms with van der Waals surface area (Å²) in [6, 6.07) is 69.9. The Morgan fingerprint density at radius 1 is 0.584 bits per heavy atom. The highest BCUT2D eigenvalue weighted by molar-refractivity contribution is 5.99. The van der Waals surface area contributed by atoms with E-state index in [4.69, 9.17) is 0 Å². The first kappa shape index (κ1) is 48.9. The average molecular weight is 993 g/mol. The maximum atomic E-state index is 4.48. The molecule has 2 unspecified atom stereocenters. The van der Waals surface area contributed by atoms with Gasteiger partial charge in [-0.1, -0.05) is 213 Å². The van der Waals surface area contributed by atoms with Crippen molar-refractivity contribution in [2.75, 3.05) is 9.80 Å². The molecule has 374 valence electrons. The number of fused-ring (bicyclic) bond motifs is 2. The molecule has 0 bridgehead atoms. The van der Waals surface area contributed by atoms with Crippen LogP contribution in [0.1, 0.15) is 85.2 Å². The summed E-state index contributed by atoms with van der Waals surface area (Å²) < 4.78 is 0. The van der Waals surface area contributed by atoms with E-state index in [0.29, 0.717) is 0 Å². The molecular weight excluding hydrogens is 929 g/mol. The van der Waals surface area contributed by atoms with Crippen molar-refractivity contribution in [3.05, 3.63) is 318 Å². The third-order valence-electron chi connectivity index (χ3n) is 15.7. The second-order valence-electron chi connectivity index (χ2n) is 20.6. The molecule has 2 nitrogen and oxygen atoms in total. The summed E-state index contributed by atoms with van der Waals surface area (Å²) in [5.41, 5.74) is 21.9. The van der Waals surface area contributed by atoms with Gasteiger partial charge in [0.2, 0.25) is 0 Å². The van der Waals surface area contributed by atoms with E-state index in [2.05, 4.69) is 277 Å². The van der Waals surface area contributed by atoms with E-state index in [1.165, 1.54) is 77.8 Å². The van der Waals surface area contributed by atoms with Gasteiger partial charge in [-0.3, -0.25) is 0 Å². The third-order valence-corrected chi connectivity index (χ3v) is 15.7. The van der Waals surface area contributed by atoms with Crippen molar-refractivity contribution in [2.45, 2.75) is 57.4 Å². The Kier molecular flexibility index (Phi) is 14.3. The highest BCUT2D eigenvalue weighted by atomic mass is 15.2. The van der Waals surface area contributed by atoms with Crippen LogP contribution in [0.5, 0.6) is 0 Å². The van der Waals surface area contributed by atoms with Gasteiger partial charge >= 0.3 is 0 Å². The van der Waals surface area contributed by atoms with E-state index in [1.54, 1.807) is 0 Å². The van der Waals surface area contributed by atoms with E-state index in [1.807, 2.05) is 19.1 Å². The van der Waals surface area contributed by atoms with Crippen LogP contribution >= 0.6 is 0 Å². The lowest BCUT2D eigenvalue weighted by Gasteiger charge is -2.39. The van der Waals surface area contributed by atoms with E-state index >= 15 is 0 Å².